The SMILES string of the molecule is OC(Cc1ccncc1Cl)c1ncc(Cl)s1. The summed E-state index contributed by atoms with van der Waals surface area (Å²) in [7, 11) is 0. The van der Waals surface area contributed by atoms with Crippen LogP contribution >= 0.6 is 34.5 Å². The number of halogens is 2. The maximum absolute atomic E-state index is 9.92. The van der Waals surface area contributed by atoms with Crippen molar-refractivity contribution in [2.24, 2.45) is 0 Å². The van der Waals surface area contributed by atoms with Gasteiger partial charge in [-0.05, 0) is 11.6 Å². The second kappa shape index (κ2) is 5.10. The van der Waals surface area contributed by atoms with E-state index in [9.17, 15) is 5.11 Å². The van der Waals surface area contributed by atoms with Gasteiger partial charge in [0.25, 0.3) is 0 Å². The van der Waals surface area contributed by atoms with Crippen LogP contribution in [-0.2, 0) is 6.42 Å². The van der Waals surface area contributed by atoms with Gasteiger partial charge in [0, 0.05) is 18.8 Å². The van der Waals surface area contributed by atoms with Gasteiger partial charge in [0.05, 0.1) is 11.2 Å². The van der Waals surface area contributed by atoms with E-state index in [1.807, 2.05) is 0 Å². The van der Waals surface area contributed by atoms with Crippen molar-refractivity contribution in [2.75, 3.05) is 0 Å². The summed E-state index contributed by atoms with van der Waals surface area (Å²) in [6.07, 6.45) is 4.45. The minimum absolute atomic E-state index is 0.408. The quantitative estimate of drug-likeness (QED) is 0.936. The fourth-order valence-corrected chi connectivity index (χ4v) is 2.40. The summed E-state index contributed by atoms with van der Waals surface area (Å²) in [6, 6.07) is 1.78. The highest BCUT2D eigenvalue weighted by atomic mass is 35.5. The number of aliphatic hydroxyl groups is 1. The summed E-state index contributed by atoms with van der Waals surface area (Å²) < 4.78 is 0.565. The number of thiazole rings is 1. The lowest BCUT2D eigenvalue weighted by Gasteiger charge is -2.08. The Labute approximate surface area is 107 Å². The van der Waals surface area contributed by atoms with Gasteiger partial charge in [0.2, 0.25) is 0 Å². The maximum Gasteiger partial charge on any atom is 0.123 e. The molecular formula is C10H8Cl2N2OS. The number of aromatic nitrogens is 2. The highest BCUT2D eigenvalue weighted by Crippen LogP contribution is 2.27. The molecule has 0 amide bonds. The third kappa shape index (κ3) is 2.71. The molecule has 84 valence electrons. The van der Waals surface area contributed by atoms with E-state index in [1.54, 1.807) is 18.5 Å². The molecule has 1 atom stereocenters. The molecule has 0 aliphatic rings. The average molecular weight is 275 g/mol. The summed E-state index contributed by atoms with van der Waals surface area (Å²) in [5, 5.41) is 11.1. The smallest absolute Gasteiger partial charge is 0.123 e. The summed E-state index contributed by atoms with van der Waals surface area (Å²) in [6.45, 7) is 0. The predicted octanol–water partition coefficient (Wildman–Crippen LogP) is 3.12. The largest absolute Gasteiger partial charge is 0.386 e. The first-order valence-corrected chi connectivity index (χ1v) is 6.11. The summed E-state index contributed by atoms with van der Waals surface area (Å²) >= 11 is 13.0. The highest BCUT2D eigenvalue weighted by molar-refractivity contribution is 7.15. The molecule has 3 nitrogen and oxygen atoms in total. The molecule has 0 radical (unpaired) electrons. The van der Waals surface area contributed by atoms with Gasteiger partial charge in [0.15, 0.2) is 0 Å². The Balaban J connectivity index is 2.13. The molecule has 1 N–H and O–H groups in total. The number of nitrogens with zero attached hydrogens (tertiary/aromatic N) is 2. The Hall–Kier alpha value is -0.680. The van der Waals surface area contributed by atoms with Gasteiger partial charge in [-0.15, -0.1) is 11.3 Å². The van der Waals surface area contributed by atoms with E-state index in [4.69, 9.17) is 23.2 Å². The van der Waals surface area contributed by atoms with Crippen molar-refractivity contribution in [3.05, 3.63) is 44.6 Å². The van der Waals surface area contributed by atoms with Gasteiger partial charge in [-0.2, -0.15) is 0 Å². The normalized spacial score (nSPS) is 12.7. The van der Waals surface area contributed by atoms with Gasteiger partial charge in [-0.25, -0.2) is 4.98 Å². The minimum atomic E-state index is -0.683. The van der Waals surface area contributed by atoms with Crippen LogP contribution in [0, 0.1) is 0 Å². The second-order valence-corrected chi connectivity index (χ2v) is 5.29. The summed E-state index contributed by atoms with van der Waals surface area (Å²) in [5.41, 5.74) is 0.843. The van der Waals surface area contributed by atoms with E-state index >= 15 is 0 Å². The first kappa shape index (κ1) is 11.8. The van der Waals surface area contributed by atoms with Gasteiger partial charge in [-0.3, -0.25) is 4.98 Å². The molecular weight excluding hydrogens is 267 g/mol. The van der Waals surface area contributed by atoms with Crippen LogP contribution in [0.25, 0.3) is 0 Å². The Bertz CT molecular complexity index is 489. The molecule has 0 saturated heterocycles. The van der Waals surface area contributed by atoms with E-state index in [1.165, 1.54) is 17.5 Å². The minimum Gasteiger partial charge on any atom is -0.386 e. The molecule has 2 aromatic rings. The van der Waals surface area contributed by atoms with E-state index in [-0.39, 0.29) is 0 Å². The summed E-state index contributed by atoms with van der Waals surface area (Å²) in [5.74, 6) is 0. The summed E-state index contributed by atoms with van der Waals surface area (Å²) in [4.78, 5) is 7.90. The molecule has 0 aliphatic heterocycles. The van der Waals surface area contributed by atoms with Crippen LogP contribution in [0.4, 0.5) is 0 Å². The first-order chi connectivity index (χ1) is 7.66. The number of aliphatic hydroxyl groups excluding tert-OH is 1. The highest BCUT2D eigenvalue weighted by Gasteiger charge is 2.14. The molecule has 2 aromatic heterocycles. The first-order valence-electron chi connectivity index (χ1n) is 4.54. The monoisotopic (exact) mass is 274 g/mol. The number of pyridine rings is 1. The third-order valence-electron chi connectivity index (χ3n) is 2.05. The van der Waals surface area contributed by atoms with Crippen LogP contribution in [0.1, 0.15) is 16.7 Å². The van der Waals surface area contributed by atoms with Crippen molar-refractivity contribution in [2.45, 2.75) is 12.5 Å². The zero-order valence-corrected chi connectivity index (χ0v) is 10.4. The van der Waals surface area contributed by atoms with E-state index in [0.717, 1.165) is 5.56 Å². The number of hydrogen-bond acceptors (Lipinski definition) is 4. The Morgan fingerprint density at radius 2 is 2.19 bits per heavy atom. The topological polar surface area (TPSA) is 46.0 Å². The van der Waals surface area contributed by atoms with Crippen LogP contribution in [-0.4, -0.2) is 15.1 Å². The lowest BCUT2D eigenvalue weighted by atomic mass is 10.1. The lowest BCUT2D eigenvalue weighted by Crippen LogP contribution is -2.01. The molecule has 6 heteroatoms. The van der Waals surface area contributed by atoms with Gasteiger partial charge >= 0.3 is 0 Å². The van der Waals surface area contributed by atoms with Crippen molar-refractivity contribution in [1.82, 2.24) is 9.97 Å². The van der Waals surface area contributed by atoms with Crippen LogP contribution < -0.4 is 0 Å². The van der Waals surface area contributed by atoms with Gasteiger partial charge in [0.1, 0.15) is 15.4 Å². The van der Waals surface area contributed by atoms with Crippen LogP contribution in [0.2, 0.25) is 9.36 Å². The van der Waals surface area contributed by atoms with Crippen LogP contribution in [0.15, 0.2) is 24.7 Å². The van der Waals surface area contributed by atoms with Crippen LogP contribution in [0.5, 0.6) is 0 Å². The fourth-order valence-electron chi connectivity index (χ4n) is 1.29. The van der Waals surface area contributed by atoms with Crippen molar-refractivity contribution in [3.63, 3.8) is 0 Å². The third-order valence-corrected chi connectivity index (χ3v) is 3.61. The Morgan fingerprint density at radius 1 is 1.38 bits per heavy atom. The molecule has 16 heavy (non-hydrogen) atoms. The molecule has 0 aliphatic carbocycles. The van der Waals surface area contributed by atoms with Crippen molar-refractivity contribution < 1.29 is 5.11 Å². The lowest BCUT2D eigenvalue weighted by molar-refractivity contribution is 0.178. The van der Waals surface area contributed by atoms with E-state index in [0.29, 0.717) is 20.8 Å². The molecule has 1 unspecified atom stereocenters. The Morgan fingerprint density at radius 3 is 2.81 bits per heavy atom. The molecule has 0 aromatic carbocycles. The maximum atomic E-state index is 9.92. The van der Waals surface area contributed by atoms with Crippen molar-refractivity contribution in [3.8, 4) is 0 Å². The predicted molar refractivity (Wildman–Crippen MR) is 65.0 cm³/mol. The Kier molecular flexibility index (Phi) is 3.76. The van der Waals surface area contributed by atoms with E-state index < -0.39 is 6.10 Å². The fraction of sp³-hybridized carbons (Fsp3) is 0.200. The van der Waals surface area contributed by atoms with Crippen molar-refractivity contribution in [1.29, 1.82) is 0 Å². The second-order valence-electron chi connectivity index (χ2n) is 3.19. The van der Waals surface area contributed by atoms with Gasteiger partial charge < -0.3 is 5.11 Å². The molecule has 2 rings (SSSR count). The van der Waals surface area contributed by atoms with Crippen LogP contribution in [0.3, 0.4) is 0 Å². The van der Waals surface area contributed by atoms with Crippen molar-refractivity contribution >= 4 is 34.5 Å². The number of hydrogen-bond donors (Lipinski definition) is 1. The zero-order chi connectivity index (χ0) is 11.5. The zero-order valence-electron chi connectivity index (χ0n) is 8.10. The van der Waals surface area contributed by atoms with Gasteiger partial charge in [-0.1, -0.05) is 23.2 Å². The molecule has 0 spiro atoms. The average Bonchev–Trinajstić information content (AvgIpc) is 2.68. The number of rotatable bonds is 3. The molecule has 0 bridgehead atoms. The van der Waals surface area contributed by atoms with E-state index in [2.05, 4.69) is 9.97 Å². The molecule has 2 heterocycles. The standard InChI is InChI=1S/C10H8Cl2N2OS/c11-7-4-13-2-1-6(7)3-8(15)10-14-5-9(12)16-10/h1-2,4-5,8,15H,3H2. The molecule has 0 fully saturated rings. The molecule has 0 saturated carbocycles.